The van der Waals surface area contributed by atoms with Crippen LogP contribution in [0.2, 0.25) is 0 Å². The summed E-state index contributed by atoms with van der Waals surface area (Å²) in [4.78, 5) is 11.5. The second-order valence-corrected chi connectivity index (χ2v) is 9.10. The molecule has 0 fully saturated rings. The number of hydrogen-bond acceptors (Lipinski definition) is 7. The van der Waals surface area contributed by atoms with Crippen LogP contribution in [-0.4, -0.2) is 35.6 Å². The lowest BCUT2D eigenvalue weighted by molar-refractivity contribution is 0.0934. The van der Waals surface area contributed by atoms with Gasteiger partial charge in [0.05, 0.1) is 28.4 Å². The second-order valence-electron chi connectivity index (χ2n) is 5.82. The molecule has 0 atom stereocenters. The van der Waals surface area contributed by atoms with Crippen molar-refractivity contribution in [3.05, 3.63) is 42.0 Å². The molecule has 2 aromatic rings. The molecule has 0 amide bonds. The molecular weight excluding hydrogens is 394 g/mol. The second kappa shape index (κ2) is 6.06. The van der Waals surface area contributed by atoms with Gasteiger partial charge in [-0.1, -0.05) is 6.07 Å². The van der Waals surface area contributed by atoms with Gasteiger partial charge < -0.3 is 10.1 Å². The third kappa shape index (κ3) is 3.04. The number of para-hydroxylation sites is 1. The SMILES string of the molecule is O=C1CCOc2c(NS(=O)(=O)c3ccc4c(c3)S(=O)(=O)N=CN4)cccc21. The highest BCUT2D eigenvalue weighted by Crippen LogP contribution is 2.35. The average molecular weight is 407 g/mol. The number of nitrogens with one attached hydrogen (secondary N) is 2. The highest BCUT2D eigenvalue weighted by atomic mass is 32.2. The first-order chi connectivity index (χ1) is 12.8. The van der Waals surface area contributed by atoms with E-state index in [-0.39, 0.29) is 45.7 Å². The number of carbonyl (C=O) groups is 1. The van der Waals surface area contributed by atoms with Gasteiger partial charge in [-0.05, 0) is 30.3 Å². The van der Waals surface area contributed by atoms with E-state index in [1.807, 2.05) is 0 Å². The first-order valence-electron chi connectivity index (χ1n) is 7.79. The van der Waals surface area contributed by atoms with Gasteiger partial charge in [0.25, 0.3) is 20.0 Å². The fourth-order valence-electron chi connectivity index (χ4n) is 2.80. The molecule has 27 heavy (non-hydrogen) atoms. The highest BCUT2D eigenvalue weighted by Gasteiger charge is 2.27. The minimum atomic E-state index is -4.13. The van der Waals surface area contributed by atoms with Crippen molar-refractivity contribution in [1.29, 1.82) is 0 Å². The maximum Gasteiger partial charge on any atom is 0.285 e. The number of benzene rings is 2. The van der Waals surface area contributed by atoms with Gasteiger partial charge >= 0.3 is 0 Å². The Morgan fingerprint density at radius 1 is 1.19 bits per heavy atom. The molecule has 9 nitrogen and oxygen atoms in total. The Balaban J connectivity index is 1.75. The molecule has 2 aliphatic rings. The number of Topliss-reactive ketones (excluding diaryl/α,β-unsaturated/α-hetero) is 1. The molecule has 2 aliphatic heterocycles. The summed E-state index contributed by atoms with van der Waals surface area (Å²) in [5.41, 5.74) is 0.639. The van der Waals surface area contributed by atoms with Crippen LogP contribution in [0.4, 0.5) is 11.4 Å². The first-order valence-corrected chi connectivity index (χ1v) is 10.7. The van der Waals surface area contributed by atoms with E-state index in [1.165, 1.54) is 18.2 Å². The molecule has 11 heteroatoms. The van der Waals surface area contributed by atoms with Crippen molar-refractivity contribution < 1.29 is 26.4 Å². The molecule has 0 aromatic heterocycles. The van der Waals surface area contributed by atoms with Crippen LogP contribution in [0.1, 0.15) is 16.8 Å². The Hall–Kier alpha value is -2.92. The smallest absolute Gasteiger partial charge is 0.285 e. The predicted molar refractivity (Wildman–Crippen MR) is 97.4 cm³/mol. The van der Waals surface area contributed by atoms with Gasteiger partial charge in [-0.25, -0.2) is 8.42 Å². The number of hydrogen-bond donors (Lipinski definition) is 2. The van der Waals surface area contributed by atoms with E-state index in [0.717, 1.165) is 12.4 Å². The number of ether oxygens (including phenoxy) is 1. The van der Waals surface area contributed by atoms with E-state index >= 15 is 0 Å². The summed E-state index contributed by atoms with van der Waals surface area (Å²) >= 11 is 0. The molecule has 2 heterocycles. The van der Waals surface area contributed by atoms with Gasteiger partial charge in [-0.3, -0.25) is 9.52 Å². The molecule has 0 bridgehead atoms. The lowest BCUT2D eigenvalue weighted by Gasteiger charge is -2.20. The first kappa shape index (κ1) is 17.5. The van der Waals surface area contributed by atoms with Crippen LogP contribution in [0.3, 0.4) is 0 Å². The number of nitrogens with zero attached hydrogens (tertiary/aromatic N) is 1. The summed E-state index contributed by atoms with van der Waals surface area (Å²) in [6, 6.07) is 8.20. The predicted octanol–water partition coefficient (Wildman–Crippen LogP) is 1.60. The highest BCUT2D eigenvalue weighted by molar-refractivity contribution is 7.93. The fraction of sp³-hybridized carbons (Fsp3) is 0.125. The lowest BCUT2D eigenvalue weighted by atomic mass is 10.0. The van der Waals surface area contributed by atoms with Crippen molar-refractivity contribution in [2.75, 3.05) is 16.6 Å². The zero-order valence-electron chi connectivity index (χ0n) is 13.7. The van der Waals surface area contributed by atoms with E-state index < -0.39 is 20.0 Å². The number of sulfonamides is 2. The van der Waals surface area contributed by atoms with Gasteiger partial charge in [-0.15, -0.1) is 4.40 Å². The van der Waals surface area contributed by atoms with E-state index in [0.29, 0.717) is 5.56 Å². The maximum absolute atomic E-state index is 12.8. The minimum Gasteiger partial charge on any atom is -0.490 e. The molecule has 140 valence electrons. The number of carbonyl (C=O) groups excluding carboxylic acids is 1. The lowest BCUT2D eigenvalue weighted by Crippen LogP contribution is -2.20. The van der Waals surface area contributed by atoms with Crippen LogP contribution in [-0.2, 0) is 20.0 Å². The molecule has 0 saturated heterocycles. The summed E-state index contributed by atoms with van der Waals surface area (Å²) in [7, 11) is -8.11. The van der Waals surface area contributed by atoms with Crippen molar-refractivity contribution in [2.45, 2.75) is 16.2 Å². The van der Waals surface area contributed by atoms with E-state index in [2.05, 4.69) is 14.4 Å². The van der Waals surface area contributed by atoms with Gasteiger partial charge in [0.1, 0.15) is 11.2 Å². The maximum atomic E-state index is 12.8. The van der Waals surface area contributed by atoms with Gasteiger partial charge in [0, 0.05) is 6.42 Å². The normalized spacial score (nSPS) is 17.3. The van der Waals surface area contributed by atoms with Crippen LogP contribution < -0.4 is 14.8 Å². The average Bonchev–Trinajstić information content (AvgIpc) is 2.62. The molecule has 0 saturated carbocycles. The quantitative estimate of drug-likeness (QED) is 0.790. The van der Waals surface area contributed by atoms with Gasteiger partial charge in [-0.2, -0.15) is 8.42 Å². The van der Waals surface area contributed by atoms with E-state index in [1.54, 1.807) is 12.1 Å². The van der Waals surface area contributed by atoms with Crippen LogP contribution in [0, 0.1) is 0 Å². The standard InChI is InChI=1S/C16H13N3O6S2/c20-14-6-7-25-16-11(14)2-1-3-13(16)19-26(21,22)10-4-5-12-15(8-10)27(23,24)18-9-17-12/h1-5,8-9,19H,6-7H2,(H,17,18). The van der Waals surface area contributed by atoms with Gasteiger partial charge in [0.2, 0.25) is 0 Å². The Morgan fingerprint density at radius 2 is 2.00 bits per heavy atom. The number of ketones is 1. The van der Waals surface area contributed by atoms with E-state index in [4.69, 9.17) is 4.74 Å². The molecule has 2 aromatic carbocycles. The zero-order valence-corrected chi connectivity index (χ0v) is 15.3. The minimum absolute atomic E-state index is 0.109. The molecule has 0 aliphatic carbocycles. The van der Waals surface area contributed by atoms with Crippen molar-refractivity contribution in [2.24, 2.45) is 4.40 Å². The van der Waals surface area contributed by atoms with E-state index in [9.17, 15) is 21.6 Å². The largest absolute Gasteiger partial charge is 0.490 e. The van der Waals surface area contributed by atoms with Crippen LogP contribution in [0.25, 0.3) is 0 Å². The van der Waals surface area contributed by atoms with Gasteiger partial charge in [0.15, 0.2) is 11.5 Å². The summed E-state index contributed by atoms with van der Waals surface area (Å²) in [5.74, 6) is 0.0234. The van der Waals surface area contributed by atoms with Crippen molar-refractivity contribution in [3.63, 3.8) is 0 Å². The zero-order chi connectivity index (χ0) is 19.2. The Labute approximate surface area is 155 Å². The number of fused-ring (bicyclic) bond motifs is 2. The fourth-order valence-corrected chi connectivity index (χ4v) is 4.95. The van der Waals surface area contributed by atoms with Crippen LogP contribution in [0.5, 0.6) is 5.75 Å². The molecule has 0 radical (unpaired) electrons. The topological polar surface area (TPSA) is 131 Å². The summed E-state index contributed by atoms with van der Waals surface area (Å²) < 4.78 is 60.7. The third-order valence-corrected chi connectivity index (χ3v) is 6.73. The summed E-state index contributed by atoms with van der Waals surface area (Å²) in [6.07, 6.45) is 1.24. The Morgan fingerprint density at radius 3 is 2.81 bits per heavy atom. The monoisotopic (exact) mass is 407 g/mol. The van der Waals surface area contributed by atoms with Crippen molar-refractivity contribution >= 4 is 43.5 Å². The third-order valence-electron chi connectivity index (χ3n) is 4.09. The number of anilines is 2. The van der Waals surface area contributed by atoms with Crippen LogP contribution >= 0.6 is 0 Å². The Bertz CT molecular complexity index is 1200. The Kier molecular flexibility index (Phi) is 3.93. The molecular formula is C16H13N3O6S2. The molecule has 4 rings (SSSR count). The molecule has 0 unspecified atom stereocenters. The molecule has 2 N–H and O–H groups in total. The summed E-state index contributed by atoms with van der Waals surface area (Å²) in [5, 5.41) is 2.65. The molecule has 0 spiro atoms. The summed E-state index contributed by atoms with van der Waals surface area (Å²) in [6.45, 7) is 0.158. The number of rotatable bonds is 3. The van der Waals surface area contributed by atoms with Crippen molar-refractivity contribution in [1.82, 2.24) is 0 Å². The van der Waals surface area contributed by atoms with Crippen LogP contribution in [0.15, 0.2) is 50.6 Å². The van der Waals surface area contributed by atoms with Crippen molar-refractivity contribution in [3.8, 4) is 5.75 Å².